The van der Waals surface area contributed by atoms with Crippen molar-refractivity contribution in [2.75, 3.05) is 0 Å². The van der Waals surface area contributed by atoms with Crippen LogP contribution in [0.3, 0.4) is 0 Å². The summed E-state index contributed by atoms with van der Waals surface area (Å²) >= 11 is 0. The number of nitrogens with one attached hydrogen (secondary N) is 1. The number of hydrogen-bond donors (Lipinski definition) is 2. The predicted octanol–water partition coefficient (Wildman–Crippen LogP) is 0.622. The number of amides is 1. The van der Waals surface area contributed by atoms with Gasteiger partial charge in [-0.15, -0.1) is 0 Å². The molecule has 0 bridgehead atoms. The first-order valence-electron chi connectivity index (χ1n) is 5.84. The Morgan fingerprint density at radius 3 is 2.67 bits per heavy atom. The number of carbonyl (C=O) groups excluding carboxylic acids is 1. The molecule has 0 rings (SSSR count). The molecule has 0 aliphatic heterocycles. The van der Waals surface area contributed by atoms with Gasteiger partial charge in [0.2, 0.25) is 5.91 Å². The van der Waals surface area contributed by atoms with E-state index in [-0.39, 0.29) is 0 Å². The minimum Gasteiger partial charge on any atom is -0.480 e. The molecular weight excluding hydrogens is 158 g/mol. The van der Waals surface area contributed by atoms with Gasteiger partial charge in [-0.05, 0) is 12.3 Å². The van der Waals surface area contributed by atoms with Crippen molar-refractivity contribution in [1.82, 2.24) is 5.32 Å². The predicted molar refractivity (Wildman–Crippen MR) is 44.7 cm³/mol. The van der Waals surface area contributed by atoms with Crippen molar-refractivity contribution in [3.8, 4) is 0 Å². The first-order chi connectivity index (χ1) is 7.32. The molecule has 0 aliphatic carbocycles. The van der Waals surface area contributed by atoms with Crippen LogP contribution in [-0.2, 0) is 9.59 Å². The van der Waals surface area contributed by atoms with E-state index in [0.717, 1.165) is 13.8 Å². The smallest absolute Gasteiger partial charge is 0.326 e. The molecule has 12 heavy (non-hydrogen) atoms. The number of rotatable bonds is 4. The zero-order chi connectivity index (χ0) is 14.1. The first kappa shape index (κ1) is 4.84. The minimum atomic E-state index is -2.74. The fourth-order valence-electron chi connectivity index (χ4n) is 0.651. The standard InChI is InChI=1S/C8H15NO3/c1-5(2)4-7(8(11)12)9-6(3)10/h5,7H,4H2,1-3H3,(H,9,10)(H,11,12)/t7-/m1/s1/i1D3,5D,7D/t5?,7-. The maximum absolute atomic E-state index is 10.9. The van der Waals surface area contributed by atoms with Crippen molar-refractivity contribution in [2.45, 2.75) is 33.1 Å². The highest BCUT2D eigenvalue weighted by Gasteiger charge is 2.18. The zero-order valence-corrected chi connectivity index (χ0v) is 6.97. The Morgan fingerprint density at radius 2 is 2.33 bits per heavy atom. The van der Waals surface area contributed by atoms with E-state index in [9.17, 15) is 9.59 Å². The molecule has 0 spiro atoms. The Bertz CT molecular complexity index is 328. The van der Waals surface area contributed by atoms with Crippen LogP contribution in [0.5, 0.6) is 0 Å². The lowest BCUT2D eigenvalue weighted by Gasteiger charge is -2.14. The van der Waals surface area contributed by atoms with Crippen LogP contribution in [0.4, 0.5) is 0 Å². The van der Waals surface area contributed by atoms with Gasteiger partial charge in [-0.2, -0.15) is 0 Å². The van der Waals surface area contributed by atoms with Gasteiger partial charge in [-0.3, -0.25) is 4.79 Å². The number of aliphatic carboxylic acids is 1. The maximum atomic E-state index is 10.9. The molecule has 0 aromatic carbocycles. The molecule has 1 amide bonds. The quantitative estimate of drug-likeness (QED) is 0.663. The summed E-state index contributed by atoms with van der Waals surface area (Å²) in [6.07, 6.45) is -0.842. The average molecular weight is 178 g/mol. The van der Waals surface area contributed by atoms with E-state index in [1.54, 1.807) is 0 Å². The van der Waals surface area contributed by atoms with E-state index < -0.39 is 37.1 Å². The van der Waals surface area contributed by atoms with Crippen molar-refractivity contribution in [3.63, 3.8) is 0 Å². The summed E-state index contributed by atoms with van der Waals surface area (Å²) in [6, 6.07) is -2.52. The van der Waals surface area contributed by atoms with Gasteiger partial charge in [0.15, 0.2) is 0 Å². The summed E-state index contributed by atoms with van der Waals surface area (Å²) in [4.78, 5) is 21.7. The van der Waals surface area contributed by atoms with Crippen LogP contribution < -0.4 is 5.32 Å². The second kappa shape index (κ2) is 4.74. The molecule has 0 heterocycles. The van der Waals surface area contributed by atoms with Crippen LogP contribution >= 0.6 is 0 Å². The first-order valence-corrected chi connectivity index (χ1v) is 3.34. The fraction of sp³-hybridized carbons (Fsp3) is 0.750. The van der Waals surface area contributed by atoms with Gasteiger partial charge in [0.25, 0.3) is 0 Å². The third kappa shape index (κ3) is 4.71. The Morgan fingerprint density at radius 1 is 1.75 bits per heavy atom. The van der Waals surface area contributed by atoms with Gasteiger partial charge >= 0.3 is 5.97 Å². The minimum absolute atomic E-state index is 0.774. The Kier molecular flexibility index (Phi) is 1.91. The fourth-order valence-corrected chi connectivity index (χ4v) is 0.651. The molecule has 0 saturated carbocycles. The van der Waals surface area contributed by atoms with E-state index >= 15 is 0 Å². The van der Waals surface area contributed by atoms with Crippen molar-refractivity contribution in [3.05, 3.63) is 0 Å². The van der Waals surface area contributed by atoms with Gasteiger partial charge < -0.3 is 10.4 Å². The third-order valence-corrected chi connectivity index (χ3v) is 1.03. The molecule has 0 saturated heterocycles. The number of carboxylic acids is 1. The highest BCUT2D eigenvalue weighted by atomic mass is 16.4. The van der Waals surface area contributed by atoms with Gasteiger partial charge in [0.05, 0.1) is 1.37 Å². The highest BCUT2D eigenvalue weighted by molar-refractivity contribution is 5.81. The lowest BCUT2D eigenvalue weighted by molar-refractivity contribution is -0.142. The van der Waals surface area contributed by atoms with Crippen molar-refractivity contribution < 1.29 is 21.5 Å². The normalized spacial score (nSPS) is 27.3. The van der Waals surface area contributed by atoms with Crippen LogP contribution in [0.25, 0.3) is 0 Å². The second-order valence-corrected chi connectivity index (χ2v) is 2.42. The number of carboxylic acid groups (broad SMARTS) is 1. The Balaban J connectivity index is 5.15. The summed E-state index contributed by atoms with van der Waals surface area (Å²) in [7, 11) is 0. The Hall–Kier alpha value is -1.06. The molecule has 0 radical (unpaired) electrons. The molecule has 0 aromatic heterocycles. The largest absolute Gasteiger partial charge is 0.480 e. The number of hydrogen-bond acceptors (Lipinski definition) is 2. The molecular formula is C8H15NO3. The van der Waals surface area contributed by atoms with E-state index in [0.29, 0.717) is 0 Å². The number of carbonyl (C=O) groups is 2. The second-order valence-electron chi connectivity index (χ2n) is 2.42. The van der Waals surface area contributed by atoms with Crippen LogP contribution in [0.1, 0.15) is 34.0 Å². The zero-order valence-electron chi connectivity index (χ0n) is 12.0. The van der Waals surface area contributed by atoms with Crippen molar-refractivity contribution in [1.29, 1.82) is 0 Å². The van der Waals surface area contributed by atoms with Crippen molar-refractivity contribution in [2.24, 2.45) is 5.89 Å². The SMILES string of the molecule is [2H]C([2H])([2H])C([2H])(C)C[C@@]([2H])(NC(C)=O)C(=O)O. The average Bonchev–Trinajstić information content (AvgIpc) is 1.97. The molecule has 0 aliphatic rings. The summed E-state index contributed by atoms with van der Waals surface area (Å²) < 4.78 is 36.4. The van der Waals surface area contributed by atoms with Gasteiger partial charge in [-0.1, -0.05) is 13.8 Å². The van der Waals surface area contributed by atoms with Crippen molar-refractivity contribution >= 4 is 11.9 Å². The van der Waals surface area contributed by atoms with Gasteiger partial charge in [0.1, 0.15) is 6.02 Å². The lowest BCUT2D eigenvalue weighted by atomic mass is 10.0. The van der Waals surface area contributed by atoms with Crippen LogP contribution in [0, 0.1) is 5.89 Å². The molecule has 0 fully saturated rings. The van der Waals surface area contributed by atoms with Gasteiger partial charge in [-0.25, -0.2) is 4.79 Å². The van der Waals surface area contributed by atoms with Crippen LogP contribution in [0.2, 0.25) is 0 Å². The summed E-state index contributed by atoms with van der Waals surface area (Å²) in [5, 5.41) is 10.7. The molecule has 1 unspecified atom stereocenters. The molecule has 2 N–H and O–H groups in total. The summed E-state index contributed by atoms with van der Waals surface area (Å²) in [6.45, 7) is -0.718. The third-order valence-electron chi connectivity index (χ3n) is 1.03. The lowest BCUT2D eigenvalue weighted by Crippen LogP contribution is -2.40. The van der Waals surface area contributed by atoms with E-state index in [4.69, 9.17) is 12.0 Å². The van der Waals surface area contributed by atoms with E-state index in [1.165, 1.54) is 0 Å². The maximum Gasteiger partial charge on any atom is 0.326 e. The summed E-state index contributed by atoms with van der Waals surface area (Å²) in [5.74, 6) is -4.62. The van der Waals surface area contributed by atoms with Crippen LogP contribution in [-0.4, -0.2) is 23.0 Å². The molecule has 4 nitrogen and oxygen atoms in total. The molecule has 4 heteroatoms. The monoisotopic (exact) mass is 178 g/mol. The van der Waals surface area contributed by atoms with Crippen LogP contribution in [0.15, 0.2) is 0 Å². The topological polar surface area (TPSA) is 66.4 Å². The van der Waals surface area contributed by atoms with Gasteiger partial charge in [0, 0.05) is 12.4 Å². The highest BCUT2D eigenvalue weighted by Crippen LogP contribution is 2.04. The molecule has 0 aromatic rings. The summed E-state index contributed by atoms with van der Waals surface area (Å²) in [5.41, 5.74) is 0. The van der Waals surface area contributed by atoms with E-state index in [1.807, 2.05) is 5.32 Å². The molecule has 2 atom stereocenters. The molecule has 70 valence electrons. The Labute approximate surface area is 79.0 Å². The van der Waals surface area contributed by atoms with E-state index in [2.05, 4.69) is 0 Å².